The van der Waals surface area contributed by atoms with Gasteiger partial charge in [0.25, 0.3) is 0 Å². The summed E-state index contributed by atoms with van der Waals surface area (Å²) < 4.78 is 0. The zero-order valence-electron chi connectivity index (χ0n) is 8.26. The van der Waals surface area contributed by atoms with Crippen molar-refractivity contribution >= 4 is 5.78 Å². The van der Waals surface area contributed by atoms with Crippen molar-refractivity contribution in [1.29, 1.82) is 0 Å². The molecule has 0 bridgehead atoms. The maximum absolute atomic E-state index is 11.0. The van der Waals surface area contributed by atoms with Crippen LogP contribution in [0.5, 0.6) is 0 Å². The largest absolute Gasteiger partial charge is 0.312 e. The van der Waals surface area contributed by atoms with Crippen molar-refractivity contribution in [3.8, 4) is 0 Å². The number of hydrogen-bond donors (Lipinski definition) is 1. The lowest BCUT2D eigenvalue weighted by Gasteiger charge is -2.15. The molecule has 0 aromatic rings. The topological polar surface area (TPSA) is 29.1 Å². The Bertz CT molecular complexity index is 165. The first-order valence-corrected chi connectivity index (χ1v) is 4.86. The normalized spacial score (nSPS) is 29.7. The molecule has 1 rings (SSSR count). The Kier molecular flexibility index (Phi) is 3.27. The summed E-state index contributed by atoms with van der Waals surface area (Å²) in [6.07, 6.45) is 3.30. The SMILES string of the molecule is CC(=O)[C@H]1CC[C@H](NC(C)C)C1. The van der Waals surface area contributed by atoms with E-state index in [1.807, 2.05) is 0 Å². The number of hydrogen-bond acceptors (Lipinski definition) is 2. The Hall–Kier alpha value is -0.370. The molecule has 0 aliphatic heterocycles. The third-order valence-electron chi connectivity index (χ3n) is 2.58. The highest BCUT2D eigenvalue weighted by Gasteiger charge is 2.27. The standard InChI is InChI=1S/C10H19NO/c1-7(2)11-10-5-4-9(6-10)8(3)12/h7,9-11H,4-6H2,1-3H3/t9-,10-/m0/s1. The van der Waals surface area contributed by atoms with Gasteiger partial charge in [0.05, 0.1) is 0 Å². The smallest absolute Gasteiger partial charge is 0.132 e. The summed E-state index contributed by atoms with van der Waals surface area (Å²) in [5, 5.41) is 3.47. The predicted molar refractivity (Wildman–Crippen MR) is 50.1 cm³/mol. The summed E-state index contributed by atoms with van der Waals surface area (Å²) in [7, 11) is 0. The first kappa shape index (κ1) is 9.72. The number of nitrogens with one attached hydrogen (secondary N) is 1. The third-order valence-corrected chi connectivity index (χ3v) is 2.58. The van der Waals surface area contributed by atoms with Gasteiger partial charge in [0, 0.05) is 18.0 Å². The minimum atomic E-state index is 0.334. The van der Waals surface area contributed by atoms with Crippen molar-refractivity contribution < 1.29 is 4.79 Å². The highest BCUT2D eigenvalue weighted by atomic mass is 16.1. The van der Waals surface area contributed by atoms with E-state index in [4.69, 9.17) is 0 Å². The summed E-state index contributed by atoms with van der Waals surface area (Å²) >= 11 is 0. The molecule has 1 fully saturated rings. The Balaban J connectivity index is 2.30. The van der Waals surface area contributed by atoms with Crippen LogP contribution in [0, 0.1) is 5.92 Å². The predicted octanol–water partition coefficient (Wildman–Crippen LogP) is 1.74. The fourth-order valence-corrected chi connectivity index (χ4v) is 1.97. The van der Waals surface area contributed by atoms with Crippen molar-refractivity contribution in [2.75, 3.05) is 0 Å². The Labute approximate surface area is 74.7 Å². The molecular formula is C10H19NO. The maximum Gasteiger partial charge on any atom is 0.132 e. The van der Waals surface area contributed by atoms with Crippen LogP contribution in [0.3, 0.4) is 0 Å². The average Bonchev–Trinajstić information content (AvgIpc) is 2.34. The number of Topliss-reactive ketones (excluding diaryl/α,β-unsaturated/α-hetero) is 1. The fraction of sp³-hybridized carbons (Fsp3) is 0.900. The van der Waals surface area contributed by atoms with Gasteiger partial charge in [0.2, 0.25) is 0 Å². The zero-order valence-corrected chi connectivity index (χ0v) is 8.26. The summed E-state index contributed by atoms with van der Waals surface area (Å²) in [5.41, 5.74) is 0. The van der Waals surface area contributed by atoms with Gasteiger partial charge in [-0.25, -0.2) is 0 Å². The number of carbonyl (C=O) groups is 1. The summed E-state index contributed by atoms with van der Waals surface area (Å²) in [6, 6.07) is 1.12. The number of carbonyl (C=O) groups excluding carboxylic acids is 1. The zero-order chi connectivity index (χ0) is 9.14. The molecule has 0 unspecified atom stereocenters. The molecule has 1 N–H and O–H groups in total. The van der Waals surface area contributed by atoms with Crippen molar-refractivity contribution in [2.45, 2.75) is 52.1 Å². The van der Waals surface area contributed by atoms with Gasteiger partial charge in [0.1, 0.15) is 5.78 Å². The number of ketones is 1. The number of rotatable bonds is 3. The van der Waals surface area contributed by atoms with Gasteiger partial charge in [-0.15, -0.1) is 0 Å². The molecule has 0 saturated heterocycles. The minimum absolute atomic E-state index is 0.334. The van der Waals surface area contributed by atoms with E-state index in [2.05, 4.69) is 19.2 Å². The van der Waals surface area contributed by atoms with Crippen molar-refractivity contribution in [2.24, 2.45) is 5.92 Å². The molecule has 0 amide bonds. The van der Waals surface area contributed by atoms with Gasteiger partial charge in [0.15, 0.2) is 0 Å². The van der Waals surface area contributed by atoms with E-state index < -0.39 is 0 Å². The Morgan fingerprint density at radius 2 is 2.08 bits per heavy atom. The summed E-state index contributed by atoms with van der Waals surface area (Å²) in [6.45, 7) is 6.02. The van der Waals surface area contributed by atoms with E-state index in [1.165, 1.54) is 6.42 Å². The maximum atomic E-state index is 11.0. The minimum Gasteiger partial charge on any atom is -0.312 e. The Morgan fingerprint density at radius 3 is 2.50 bits per heavy atom. The monoisotopic (exact) mass is 169 g/mol. The molecule has 70 valence electrons. The first-order chi connectivity index (χ1) is 5.59. The molecule has 0 aromatic carbocycles. The van der Waals surface area contributed by atoms with E-state index in [-0.39, 0.29) is 0 Å². The molecule has 1 aliphatic carbocycles. The molecule has 2 atom stereocenters. The Morgan fingerprint density at radius 1 is 1.42 bits per heavy atom. The van der Waals surface area contributed by atoms with Crippen LogP contribution >= 0.6 is 0 Å². The van der Waals surface area contributed by atoms with Gasteiger partial charge >= 0.3 is 0 Å². The lowest BCUT2D eigenvalue weighted by molar-refractivity contribution is -0.120. The van der Waals surface area contributed by atoms with Gasteiger partial charge < -0.3 is 5.32 Å². The van der Waals surface area contributed by atoms with Crippen LogP contribution < -0.4 is 5.32 Å². The fourth-order valence-electron chi connectivity index (χ4n) is 1.97. The van der Waals surface area contributed by atoms with E-state index in [0.717, 1.165) is 12.8 Å². The van der Waals surface area contributed by atoms with Crippen LogP contribution in [0.15, 0.2) is 0 Å². The van der Waals surface area contributed by atoms with Crippen LogP contribution in [0.25, 0.3) is 0 Å². The molecule has 12 heavy (non-hydrogen) atoms. The van der Waals surface area contributed by atoms with Crippen LogP contribution in [0.1, 0.15) is 40.0 Å². The summed E-state index contributed by atoms with van der Waals surface area (Å²) in [4.78, 5) is 11.0. The lowest BCUT2D eigenvalue weighted by Crippen LogP contribution is -2.32. The van der Waals surface area contributed by atoms with Gasteiger partial charge in [-0.1, -0.05) is 13.8 Å². The molecule has 1 saturated carbocycles. The first-order valence-electron chi connectivity index (χ1n) is 4.86. The quantitative estimate of drug-likeness (QED) is 0.697. The van der Waals surface area contributed by atoms with E-state index in [1.54, 1.807) is 6.92 Å². The highest BCUT2D eigenvalue weighted by Crippen LogP contribution is 2.26. The van der Waals surface area contributed by atoms with Crippen LogP contribution in [0.4, 0.5) is 0 Å². The molecule has 2 nitrogen and oxygen atoms in total. The van der Waals surface area contributed by atoms with E-state index in [9.17, 15) is 4.79 Å². The molecule has 0 radical (unpaired) electrons. The van der Waals surface area contributed by atoms with Crippen molar-refractivity contribution in [3.05, 3.63) is 0 Å². The van der Waals surface area contributed by atoms with Crippen molar-refractivity contribution in [3.63, 3.8) is 0 Å². The van der Waals surface area contributed by atoms with Gasteiger partial charge in [-0.3, -0.25) is 4.79 Å². The van der Waals surface area contributed by atoms with Gasteiger partial charge in [-0.05, 0) is 26.2 Å². The van der Waals surface area contributed by atoms with Crippen LogP contribution in [-0.4, -0.2) is 17.9 Å². The molecule has 0 spiro atoms. The molecular weight excluding hydrogens is 150 g/mol. The second kappa shape index (κ2) is 4.04. The third kappa shape index (κ3) is 2.59. The second-order valence-corrected chi connectivity index (χ2v) is 4.14. The van der Waals surface area contributed by atoms with E-state index >= 15 is 0 Å². The second-order valence-electron chi connectivity index (χ2n) is 4.14. The molecule has 0 aromatic heterocycles. The van der Waals surface area contributed by atoms with E-state index in [0.29, 0.717) is 23.8 Å². The average molecular weight is 169 g/mol. The molecule has 1 aliphatic rings. The van der Waals surface area contributed by atoms with Crippen molar-refractivity contribution in [1.82, 2.24) is 5.32 Å². The summed E-state index contributed by atoms with van der Waals surface area (Å²) in [5.74, 6) is 0.698. The lowest BCUT2D eigenvalue weighted by atomic mass is 10.0. The van der Waals surface area contributed by atoms with Gasteiger partial charge in [-0.2, -0.15) is 0 Å². The highest BCUT2D eigenvalue weighted by molar-refractivity contribution is 5.78. The van der Waals surface area contributed by atoms with Crippen LogP contribution in [-0.2, 0) is 4.79 Å². The molecule has 0 heterocycles. The van der Waals surface area contributed by atoms with Crippen LogP contribution in [0.2, 0.25) is 0 Å². The molecule has 2 heteroatoms.